The second kappa shape index (κ2) is 3.88. The SMILES string of the molecule is CC(C)(C)c1cc(C2(CN)CCCC2)no1. The predicted molar refractivity (Wildman–Crippen MR) is 64.4 cm³/mol. The molecule has 1 aromatic heterocycles. The number of hydrogen-bond donors (Lipinski definition) is 1. The Balaban J connectivity index is 2.30. The van der Waals surface area contributed by atoms with Crippen molar-refractivity contribution in [1.82, 2.24) is 5.16 Å². The topological polar surface area (TPSA) is 52.0 Å². The minimum absolute atomic E-state index is 0.0274. The summed E-state index contributed by atoms with van der Waals surface area (Å²) in [4.78, 5) is 0. The first-order chi connectivity index (χ1) is 7.48. The largest absolute Gasteiger partial charge is 0.361 e. The fraction of sp³-hybridized carbons (Fsp3) is 0.769. The van der Waals surface area contributed by atoms with Crippen LogP contribution in [0.15, 0.2) is 10.6 Å². The quantitative estimate of drug-likeness (QED) is 0.837. The van der Waals surface area contributed by atoms with Gasteiger partial charge in [-0.25, -0.2) is 0 Å². The van der Waals surface area contributed by atoms with Gasteiger partial charge >= 0.3 is 0 Å². The van der Waals surface area contributed by atoms with E-state index in [9.17, 15) is 0 Å². The highest BCUT2D eigenvalue weighted by atomic mass is 16.5. The summed E-state index contributed by atoms with van der Waals surface area (Å²) in [5.41, 5.74) is 7.12. The summed E-state index contributed by atoms with van der Waals surface area (Å²) >= 11 is 0. The highest BCUT2D eigenvalue weighted by Gasteiger charge is 2.38. The van der Waals surface area contributed by atoms with Crippen LogP contribution in [0.1, 0.15) is 57.9 Å². The summed E-state index contributed by atoms with van der Waals surface area (Å²) in [7, 11) is 0. The van der Waals surface area contributed by atoms with E-state index in [1.165, 1.54) is 12.8 Å². The normalized spacial score (nSPS) is 20.2. The Morgan fingerprint density at radius 1 is 1.38 bits per heavy atom. The Morgan fingerprint density at radius 3 is 2.44 bits per heavy atom. The molecule has 1 heterocycles. The number of rotatable bonds is 2. The zero-order valence-corrected chi connectivity index (χ0v) is 10.5. The van der Waals surface area contributed by atoms with E-state index in [-0.39, 0.29) is 10.8 Å². The summed E-state index contributed by atoms with van der Waals surface area (Å²) in [6.45, 7) is 7.10. The molecule has 0 radical (unpaired) electrons. The zero-order valence-electron chi connectivity index (χ0n) is 10.5. The minimum Gasteiger partial charge on any atom is -0.361 e. The van der Waals surface area contributed by atoms with Crippen molar-refractivity contribution in [3.05, 3.63) is 17.5 Å². The number of nitrogens with zero attached hydrogens (tertiary/aromatic N) is 1. The fourth-order valence-electron chi connectivity index (χ4n) is 2.50. The molecule has 1 saturated carbocycles. The Hall–Kier alpha value is -0.830. The van der Waals surface area contributed by atoms with Crippen LogP contribution < -0.4 is 5.73 Å². The molecule has 0 aliphatic heterocycles. The second-order valence-corrected chi connectivity index (χ2v) is 6.02. The van der Waals surface area contributed by atoms with E-state index in [0.717, 1.165) is 24.3 Å². The van der Waals surface area contributed by atoms with Gasteiger partial charge in [0.1, 0.15) is 5.76 Å². The van der Waals surface area contributed by atoms with E-state index in [1.807, 2.05) is 0 Å². The molecule has 2 rings (SSSR count). The molecule has 1 fully saturated rings. The van der Waals surface area contributed by atoms with E-state index >= 15 is 0 Å². The van der Waals surface area contributed by atoms with E-state index in [0.29, 0.717) is 6.54 Å². The van der Waals surface area contributed by atoms with E-state index in [1.54, 1.807) is 0 Å². The van der Waals surface area contributed by atoms with Gasteiger partial charge in [-0.2, -0.15) is 0 Å². The van der Waals surface area contributed by atoms with Crippen molar-refractivity contribution in [2.45, 2.75) is 57.3 Å². The Kier molecular flexibility index (Phi) is 2.82. The summed E-state index contributed by atoms with van der Waals surface area (Å²) in [5, 5.41) is 4.25. The van der Waals surface area contributed by atoms with Crippen LogP contribution in [0.5, 0.6) is 0 Å². The predicted octanol–water partition coefficient (Wildman–Crippen LogP) is 2.74. The van der Waals surface area contributed by atoms with Gasteiger partial charge in [-0.05, 0) is 12.8 Å². The molecule has 0 unspecified atom stereocenters. The average molecular weight is 222 g/mol. The van der Waals surface area contributed by atoms with Crippen molar-refractivity contribution in [2.24, 2.45) is 5.73 Å². The summed E-state index contributed by atoms with van der Waals surface area (Å²) in [5.74, 6) is 0.960. The molecule has 0 saturated heterocycles. The van der Waals surface area contributed by atoms with Crippen molar-refractivity contribution in [3.63, 3.8) is 0 Å². The summed E-state index contributed by atoms with van der Waals surface area (Å²) < 4.78 is 5.46. The van der Waals surface area contributed by atoms with Crippen molar-refractivity contribution in [2.75, 3.05) is 6.54 Å². The maximum Gasteiger partial charge on any atom is 0.142 e. The molecule has 0 atom stereocenters. The molecule has 2 N–H and O–H groups in total. The average Bonchev–Trinajstić information content (AvgIpc) is 2.86. The molecule has 0 aromatic carbocycles. The number of hydrogen-bond acceptors (Lipinski definition) is 3. The van der Waals surface area contributed by atoms with Gasteiger partial charge in [0.25, 0.3) is 0 Å². The van der Waals surface area contributed by atoms with Crippen LogP contribution in [0.4, 0.5) is 0 Å². The Morgan fingerprint density at radius 2 is 2.00 bits per heavy atom. The van der Waals surface area contributed by atoms with Crippen molar-refractivity contribution in [3.8, 4) is 0 Å². The van der Waals surface area contributed by atoms with Crippen molar-refractivity contribution >= 4 is 0 Å². The third-order valence-electron chi connectivity index (χ3n) is 3.74. The third-order valence-corrected chi connectivity index (χ3v) is 3.74. The molecule has 0 amide bonds. The molecule has 90 valence electrons. The van der Waals surface area contributed by atoms with Crippen molar-refractivity contribution < 1.29 is 4.52 Å². The van der Waals surface area contributed by atoms with E-state index < -0.39 is 0 Å². The van der Waals surface area contributed by atoms with Gasteiger partial charge in [-0.15, -0.1) is 0 Å². The van der Waals surface area contributed by atoms with Gasteiger partial charge in [-0.3, -0.25) is 0 Å². The molecule has 0 bridgehead atoms. The van der Waals surface area contributed by atoms with Crippen LogP contribution in [0, 0.1) is 0 Å². The highest BCUT2D eigenvalue weighted by Crippen LogP contribution is 2.40. The molecule has 3 nitrogen and oxygen atoms in total. The van der Waals surface area contributed by atoms with Gasteiger partial charge in [0.15, 0.2) is 0 Å². The molecule has 1 aromatic rings. The van der Waals surface area contributed by atoms with Crippen LogP contribution >= 0.6 is 0 Å². The third kappa shape index (κ3) is 1.88. The lowest BCUT2D eigenvalue weighted by molar-refractivity contribution is 0.312. The second-order valence-electron chi connectivity index (χ2n) is 6.02. The van der Waals surface area contributed by atoms with Gasteiger partial charge in [0.05, 0.1) is 5.69 Å². The molecule has 16 heavy (non-hydrogen) atoms. The molecule has 1 aliphatic rings. The first-order valence-electron chi connectivity index (χ1n) is 6.16. The smallest absolute Gasteiger partial charge is 0.142 e. The zero-order chi connectivity index (χ0) is 11.8. The highest BCUT2D eigenvalue weighted by molar-refractivity contribution is 5.23. The summed E-state index contributed by atoms with van der Waals surface area (Å²) in [6.07, 6.45) is 4.82. The van der Waals surface area contributed by atoms with Crippen LogP contribution in [-0.2, 0) is 10.8 Å². The lowest BCUT2D eigenvalue weighted by atomic mass is 9.81. The molecular weight excluding hydrogens is 200 g/mol. The van der Waals surface area contributed by atoms with Crippen molar-refractivity contribution in [1.29, 1.82) is 0 Å². The van der Waals surface area contributed by atoms with Crippen LogP contribution in [-0.4, -0.2) is 11.7 Å². The fourth-order valence-corrected chi connectivity index (χ4v) is 2.50. The lowest BCUT2D eigenvalue weighted by Crippen LogP contribution is -2.32. The van der Waals surface area contributed by atoms with Crippen LogP contribution in [0.3, 0.4) is 0 Å². The first-order valence-corrected chi connectivity index (χ1v) is 6.16. The molecular formula is C13H22N2O. The van der Waals surface area contributed by atoms with Gasteiger partial charge in [0, 0.05) is 23.4 Å². The van der Waals surface area contributed by atoms with E-state index in [4.69, 9.17) is 10.3 Å². The minimum atomic E-state index is 0.0274. The van der Waals surface area contributed by atoms with Gasteiger partial charge in [0.2, 0.25) is 0 Å². The maximum atomic E-state index is 5.94. The molecule has 3 heteroatoms. The first kappa shape index (κ1) is 11.6. The van der Waals surface area contributed by atoms with E-state index in [2.05, 4.69) is 32.0 Å². The molecule has 0 spiro atoms. The standard InChI is InChI=1S/C13H22N2O/c1-12(2,3)11-8-10(15-16-11)13(9-14)6-4-5-7-13/h8H,4-7,9,14H2,1-3H3. The van der Waals surface area contributed by atoms with Gasteiger partial charge in [-0.1, -0.05) is 38.8 Å². The molecule has 1 aliphatic carbocycles. The number of nitrogens with two attached hydrogens (primary N) is 1. The number of aromatic nitrogens is 1. The monoisotopic (exact) mass is 222 g/mol. The van der Waals surface area contributed by atoms with Crippen LogP contribution in [0.2, 0.25) is 0 Å². The maximum absolute atomic E-state index is 5.94. The van der Waals surface area contributed by atoms with Crippen LogP contribution in [0.25, 0.3) is 0 Å². The Labute approximate surface area is 97.4 Å². The Bertz CT molecular complexity index is 356. The van der Waals surface area contributed by atoms with Gasteiger partial charge < -0.3 is 10.3 Å². The summed E-state index contributed by atoms with van der Waals surface area (Å²) in [6, 6.07) is 2.11. The lowest BCUT2D eigenvalue weighted by Gasteiger charge is -2.23.